The van der Waals surface area contributed by atoms with Gasteiger partial charge in [0.05, 0.1) is 17.8 Å². The van der Waals surface area contributed by atoms with E-state index >= 15 is 0 Å². The zero-order valence-corrected chi connectivity index (χ0v) is 11.5. The fourth-order valence-electron chi connectivity index (χ4n) is 2.38. The van der Waals surface area contributed by atoms with Gasteiger partial charge in [0, 0.05) is 23.5 Å². The largest absolute Gasteiger partial charge is 0.379 e. The van der Waals surface area contributed by atoms with Crippen molar-refractivity contribution in [3.05, 3.63) is 66.1 Å². The number of aromatic nitrogens is 2. The number of nitrogens with zero attached hydrogens (tertiary/aromatic N) is 2. The molecule has 0 bridgehead atoms. The average Bonchev–Trinajstić information content (AvgIpc) is 2.53. The van der Waals surface area contributed by atoms with E-state index in [1.165, 1.54) is 5.56 Å². The van der Waals surface area contributed by atoms with Gasteiger partial charge in [-0.2, -0.15) is 0 Å². The first-order valence-corrected chi connectivity index (χ1v) is 6.89. The van der Waals surface area contributed by atoms with Gasteiger partial charge in [0.2, 0.25) is 0 Å². The van der Waals surface area contributed by atoms with Crippen LogP contribution in [0.1, 0.15) is 18.2 Å². The van der Waals surface area contributed by atoms with E-state index in [9.17, 15) is 0 Å². The Labute approximate surface area is 118 Å². The number of aryl methyl sites for hydroxylation is 1. The number of fused-ring (bicyclic) bond motifs is 1. The predicted octanol–water partition coefficient (Wildman–Crippen LogP) is 3.80. The first-order chi connectivity index (χ1) is 9.88. The van der Waals surface area contributed by atoms with E-state index in [-0.39, 0.29) is 0 Å². The molecule has 0 amide bonds. The van der Waals surface area contributed by atoms with Crippen LogP contribution < -0.4 is 5.32 Å². The lowest BCUT2D eigenvalue weighted by molar-refractivity contribution is 0.973. The summed E-state index contributed by atoms with van der Waals surface area (Å²) in [5.74, 6) is 0. The Kier molecular flexibility index (Phi) is 3.59. The molecule has 0 saturated heterocycles. The Morgan fingerprint density at radius 1 is 0.950 bits per heavy atom. The average molecular weight is 263 g/mol. The standard InChI is InChI=1S/C17H17N3/c1-2-13-6-5-10-18-17(13)12-20-16-9-11-19-15-8-4-3-7-14(15)16/h3-11H,2,12H2,1H3,(H,19,20). The van der Waals surface area contributed by atoms with Gasteiger partial charge in [0.15, 0.2) is 0 Å². The third-order valence-electron chi connectivity index (χ3n) is 3.46. The highest BCUT2D eigenvalue weighted by Crippen LogP contribution is 2.21. The van der Waals surface area contributed by atoms with E-state index in [1.807, 2.05) is 42.7 Å². The lowest BCUT2D eigenvalue weighted by Crippen LogP contribution is -2.05. The van der Waals surface area contributed by atoms with Crippen LogP contribution >= 0.6 is 0 Å². The van der Waals surface area contributed by atoms with Crippen molar-refractivity contribution in [3.63, 3.8) is 0 Å². The smallest absolute Gasteiger partial charge is 0.0722 e. The Balaban J connectivity index is 1.87. The Morgan fingerprint density at radius 2 is 1.85 bits per heavy atom. The van der Waals surface area contributed by atoms with Crippen molar-refractivity contribution in [1.82, 2.24) is 9.97 Å². The van der Waals surface area contributed by atoms with Gasteiger partial charge in [-0.1, -0.05) is 31.2 Å². The Morgan fingerprint density at radius 3 is 2.75 bits per heavy atom. The summed E-state index contributed by atoms with van der Waals surface area (Å²) in [4.78, 5) is 8.84. The molecule has 1 N–H and O–H groups in total. The van der Waals surface area contributed by atoms with Crippen LogP contribution in [-0.2, 0) is 13.0 Å². The van der Waals surface area contributed by atoms with Crippen LogP contribution in [0, 0.1) is 0 Å². The lowest BCUT2D eigenvalue weighted by atomic mass is 10.1. The van der Waals surface area contributed by atoms with E-state index in [1.54, 1.807) is 0 Å². The fourth-order valence-corrected chi connectivity index (χ4v) is 2.38. The van der Waals surface area contributed by atoms with Gasteiger partial charge in [-0.3, -0.25) is 9.97 Å². The minimum atomic E-state index is 0.734. The third kappa shape index (κ3) is 2.48. The molecule has 0 spiro atoms. The molecule has 0 unspecified atom stereocenters. The van der Waals surface area contributed by atoms with E-state index < -0.39 is 0 Å². The van der Waals surface area contributed by atoms with Crippen molar-refractivity contribution < 1.29 is 0 Å². The lowest BCUT2D eigenvalue weighted by Gasteiger charge is -2.11. The topological polar surface area (TPSA) is 37.8 Å². The van der Waals surface area contributed by atoms with Crippen molar-refractivity contribution >= 4 is 16.6 Å². The molecule has 2 aromatic heterocycles. The maximum atomic E-state index is 4.47. The molecule has 100 valence electrons. The zero-order valence-electron chi connectivity index (χ0n) is 11.5. The quantitative estimate of drug-likeness (QED) is 0.778. The van der Waals surface area contributed by atoms with Crippen LogP contribution in [0.4, 0.5) is 5.69 Å². The summed E-state index contributed by atoms with van der Waals surface area (Å²) in [6, 6.07) is 14.3. The summed E-state index contributed by atoms with van der Waals surface area (Å²) in [6.07, 6.45) is 4.69. The molecule has 0 aliphatic heterocycles. The number of anilines is 1. The summed E-state index contributed by atoms with van der Waals surface area (Å²) in [5, 5.41) is 4.62. The van der Waals surface area contributed by atoms with Crippen LogP contribution in [0.5, 0.6) is 0 Å². The molecule has 0 saturated carbocycles. The van der Waals surface area contributed by atoms with E-state index in [4.69, 9.17) is 0 Å². The number of hydrogen-bond acceptors (Lipinski definition) is 3. The number of rotatable bonds is 4. The van der Waals surface area contributed by atoms with Crippen molar-refractivity contribution in [3.8, 4) is 0 Å². The molecule has 2 heterocycles. The van der Waals surface area contributed by atoms with Gasteiger partial charge in [-0.25, -0.2) is 0 Å². The SMILES string of the molecule is CCc1cccnc1CNc1ccnc2ccccc12. The van der Waals surface area contributed by atoms with E-state index in [0.29, 0.717) is 0 Å². The van der Waals surface area contributed by atoms with Crippen molar-refractivity contribution in [2.24, 2.45) is 0 Å². The maximum Gasteiger partial charge on any atom is 0.0722 e. The molecular formula is C17H17N3. The van der Waals surface area contributed by atoms with Gasteiger partial charge in [0.1, 0.15) is 0 Å². The highest BCUT2D eigenvalue weighted by molar-refractivity contribution is 5.90. The number of benzene rings is 1. The molecule has 20 heavy (non-hydrogen) atoms. The minimum Gasteiger partial charge on any atom is -0.379 e. The summed E-state index contributed by atoms with van der Waals surface area (Å²) >= 11 is 0. The molecular weight excluding hydrogens is 246 g/mol. The predicted molar refractivity (Wildman–Crippen MR) is 82.7 cm³/mol. The van der Waals surface area contributed by atoms with Crippen molar-refractivity contribution in [1.29, 1.82) is 0 Å². The first-order valence-electron chi connectivity index (χ1n) is 6.89. The highest BCUT2D eigenvalue weighted by atomic mass is 14.9. The van der Waals surface area contributed by atoms with Gasteiger partial charge in [-0.15, -0.1) is 0 Å². The van der Waals surface area contributed by atoms with Gasteiger partial charge >= 0.3 is 0 Å². The number of pyridine rings is 2. The summed E-state index contributed by atoms with van der Waals surface area (Å²) < 4.78 is 0. The molecule has 0 radical (unpaired) electrons. The maximum absolute atomic E-state index is 4.47. The summed E-state index contributed by atoms with van der Waals surface area (Å²) in [7, 11) is 0. The van der Waals surface area contributed by atoms with Gasteiger partial charge in [-0.05, 0) is 30.2 Å². The monoisotopic (exact) mass is 263 g/mol. The Hall–Kier alpha value is -2.42. The van der Waals surface area contributed by atoms with E-state index in [0.717, 1.165) is 35.2 Å². The molecule has 0 aliphatic rings. The zero-order chi connectivity index (χ0) is 13.8. The van der Waals surface area contributed by atoms with E-state index in [2.05, 4.69) is 34.3 Å². The molecule has 1 aromatic carbocycles. The molecule has 3 aromatic rings. The molecule has 3 nitrogen and oxygen atoms in total. The number of hydrogen-bond donors (Lipinski definition) is 1. The molecule has 0 atom stereocenters. The van der Waals surface area contributed by atoms with Crippen LogP contribution in [0.2, 0.25) is 0 Å². The summed E-state index contributed by atoms with van der Waals surface area (Å²) in [5.41, 5.74) is 4.51. The highest BCUT2D eigenvalue weighted by Gasteiger charge is 2.04. The second kappa shape index (κ2) is 5.70. The van der Waals surface area contributed by atoms with Crippen LogP contribution in [-0.4, -0.2) is 9.97 Å². The van der Waals surface area contributed by atoms with Crippen molar-refractivity contribution in [2.45, 2.75) is 19.9 Å². The molecule has 3 heteroatoms. The van der Waals surface area contributed by atoms with Gasteiger partial charge in [0.25, 0.3) is 0 Å². The van der Waals surface area contributed by atoms with Crippen LogP contribution in [0.25, 0.3) is 10.9 Å². The summed E-state index contributed by atoms with van der Waals surface area (Å²) in [6.45, 7) is 2.89. The third-order valence-corrected chi connectivity index (χ3v) is 3.46. The number of nitrogens with one attached hydrogen (secondary N) is 1. The van der Waals surface area contributed by atoms with Crippen LogP contribution in [0.15, 0.2) is 54.9 Å². The fraction of sp³-hybridized carbons (Fsp3) is 0.176. The molecule has 0 fully saturated rings. The second-order valence-electron chi connectivity index (χ2n) is 4.69. The molecule has 0 aliphatic carbocycles. The van der Waals surface area contributed by atoms with Crippen molar-refractivity contribution in [2.75, 3.05) is 5.32 Å². The van der Waals surface area contributed by atoms with Gasteiger partial charge < -0.3 is 5.32 Å². The first kappa shape index (κ1) is 12.6. The normalized spacial score (nSPS) is 10.7. The number of para-hydroxylation sites is 1. The minimum absolute atomic E-state index is 0.734. The molecule has 3 rings (SSSR count). The Bertz CT molecular complexity index is 717. The van der Waals surface area contributed by atoms with Crippen LogP contribution in [0.3, 0.4) is 0 Å². The second-order valence-corrected chi connectivity index (χ2v) is 4.69.